The second-order valence-corrected chi connectivity index (χ2v) is 8.63. The third-order valence-corrected chi connectivity index (χ3v) is 6.44. The average molecular weight is 433 g/mol. The molecular formula is C23H20N4O3S. The van der Waals surface area contributed by atoms with Crippen molar-refractivity contribution in [1.29, 1.82) is 0 Å². The van der Waals surface area contributed by atoms with Crippen LogP contribution in [-0.4, -0.2) is 27.5 Å². The van der Waals surface area contributed by atoms with Gasteiger partial charge in [-0.15, -0.1) is 0 Å². The van der Waals surface area contributed by atoms with E-state index < -0.39 is 0 Å². The number of nitrogens with one attached hydrogen (secondary N) is 1. The van der Waals surface area contributed by atoms with Gasteiger partial charge in [0.1, 0.15) is 5.82 Å². The van der Waals surface area contributed by atoms with E-state index in [1.54, 1.807) is 40.7 Å². The van der Waals surface area contributed by atoms with Gasteiger partial charge < -0.3 is 5.32 Å². The Balaban J connectivity index is 1.43. The Morgan fingerprint density at radius 3 is 2.45 bits per heavy atom. The summed E-state index contributed by atoms with van der Waals surface area (Å²) in [5, 5.41) is 7.76. The quantitative estimate of drug-likeness (QED) is 0.634. The number of rotatable bonds is 4. The van der Waals surface area contributed by atoms with Gasteiger partial charge in [0.2, 0.25) is 11.8 Å². The molecule has 156 valence electrons. The molecule has 0 atom stereocenters. The zero-order valence-corrected chi connectivity index (χ0v) is 17.7. The summed E-state index contributed by atoms with van der Waals surface area (Å²) < 4.78 is 1.80. The van der Waals surface area contributed by atoms with Crippen molar-refractivity contribution >= 4 is 41.0 Å². The Bertz CT molecular complexity index is 1200. The van der Waals surface area contributed by atoms with Crippen LogP contribution in [-0.2, 0) is 21.1 Å². The number of fused-ring (bicyclic) bond motifs is 1. The fraction of sp³-hybridized carbons (Fsp3) is 0.217. The number of imide groups is 1. The standard InChI is InChI=1S/C23H20N4O3S/c1-14-3-2-4-17(11-14)27-22(18-12-31-13-19(18)25-27)24-23(30)15-5-7-16(8-6-15)26-20(28)9-10-21(26)29/h2-8,11H,9-10,12-13H2,1H3,(H,24,30). The number of hydrogen-bond donors (Lipinski definition) is 1. The molecule has 1 N–H and O–H groups in total. The third-order valence-electron chi connectivity index (χ3n) is 5.47. The molecule has 0 unspecified atom stereocenters. The number of anilines is 2. The van der Waals surface area contributed by atoms with Crippen LogP contribution in [0.15, 0.2) is 48.5 Å². The van der Waals surface area contributed by atoms with Gasteiger partial charge in [-0.05, 0) is 48.9 Å². The van der Waals surface area contributed by atoms with E-state index in [1.165, 1.54) is 4.90 Å². The largest absolute Gasteiger partial charge is 0.306 e. The lowest BCUT2D eigenvalue weighted by atomic mass is 10.1. The second kappa shape index (κ2) is 7.70. The van der Waals surface area contributed by atoms with Gasteiger partial charge in [0.25, 0.3) is 5.91 Å². The zero-order valence-electron chi connectivity index (χ0n) is 16.9. The molecule has 0 bridgehead atoms. The lowest BCUT2D eigenvalue weighted by Gasteiger charge is -2.15. The SMILES string of the molecule is Cc1cccc(-n2nc3c(c2NC(=O)c2ccc(N4C(=O)CCC4=O)cc2)CSC3)c1. The van der Waals surface area contributed by atoms with Crippen LogP contribution in [0.3, 0.4) is 0 Å². The fourth-order valence-electron chi connectivity index (χ4n) is 3.89. The number of nitrogens with zero attached hydrogens (tertiary/aromatic N) is 3. The van der Waals surface area contributed by atoms with Gasteiger partial charge in [-0.3, -0.25) is 19.3 Å². The molecule has 31 heavy (non-hydrogen) atoms. The van der Waals surface area contributed by atoms with E-state index in [1.807, 2.05) is 31.2 Å². The molecule has 3 heterocycles. The van der Waals surface area contributed by atoms with Crippen molar-refractivity contribution in [3.63, 3.8) is 0 Å². The average Bonchev–Trinajstić information content (AvgIpc) is 3.44. The number of carbonyl (C=O) groups is 3. The molecule has 3 amide bonds. The maximum Gasteiger partial charge on any atom is 0.256 e. The summed E-state index contributed by atoms with van der Waals surface area (Å²) in [5.41, 5.74) is 4.98. The first-order valence-corrected chi connectivity index (χ1v) is 11.2. The topological polar surface area (TPSA) is 84.3 Å². The van der Waals surface area contributed by atoms with E-state index in [-0.39, 0.29) is 30.6 Å². The van der Waals surface area contributed by atoms with Gasteiger partial charge in [-0.1, -0.05) is 12.1 Å². The molecule has 0 aliphatic carbocycles. The molecule has 1 saturated heterocycles. The maximum atomic E-state index is 13.0. The number of carbonyl (C=O) groups excluding carboxylic acids is 3. The Morgan fingerprint density at radius 2 is 1.74 bits per heavy atom. The minimum Gasteiger partial charge on any atom is -0.306 e. The monoisotopic (exact) mass is 432 g/mol. The molecule has 2 aromatic carbocycles. The number of aryl methyl sites for hydroxylation is 1. The van der Waals surface area contributed by atoms with E-state index >= 15 is 0 Å². The normalized spacial score (nSPS) is 15.5. The molecule has 2 aliphatic heterocycles. The van der Waals surface area contributed by atoms with E-state index in [0.717, 1.165) is 34.0 Å². The van der Waals surface area contributed by atoms with E-state index in [2.05, 4.69) is 5.32 Å². The Hall–Kier alpha value is -3.39. The molecule has 1 aromatic heterocycles. The molecule has 0 spiro atoms. The maximum absolute atomic E-state index is 13.0. The minimum atomic E-state index is -0.265. The fourth-order valence-corrected chi connectivity index (χ4v) is 4.93. The summed E-state index contributed by atoms with van der Waals surface area (Å²) in [7, 11) is 0. The van der Waals surface area contributed by atoms with Gasteiger partial charge in [-0.2, -0.15) is 16.9 Å². The Morgan fingerprint density at radius 1 is 1.00 bits per heavy atom. The molecule has 8 heteroatoms. The van der Waals surface area contributed by atoms with E-state index in [0.29, 0.717) is 17.1 Å². The highest BCUT2D eigenvalue weighted by molar-refractivity contribution is 7.98. The van der Waals surface area contributed by atoms with Crippen LogP contribution >= 0.6 is 11.8 Å². The van der Waals surface area contributed by atoms with Crippen LogP contribution in [0.5, 0.6) is 0 Å². The van der Waals surface area contributed by atoms with Crippen molar-refractivity contribution in [3.05, 3.63) is 70.9 Å². The van der Waals surface area contributed by atoms with Crippen molar-refractivity contribution in [1.82, 2.24) is 9.78 Å². The summed E-state index contributed by atoms with van der Waals surface area (Å²) in [5.74, 6) is 1.62. The van der Waals surface area contributed by atoms with Crippen LogP contribution < -0.4 is 10.2 Å². The molecule has 2 aliphatic rings. The molecular weight excluding hydrogens is 412 g/mol. The van der Waals surface area contributed by atoms with Crippen molar-refractivity contribution in [2.45, 2.75) is 31.3 Å². The van der Waals surface area contributed by atoms with Crippen molar-refractivity contribution in [2.24, 2.45) is 0 Å². The van der Waals surface area contributed by atoms with Gasteiger partial charge in [0, 0.05) is 35.5 Å². The third kappa shape index (κ3) is 3.53. The van der Waals surface area contributed by atoms with E-state index in [4.69, 9.17) is 5.10 Å². The summed E-state index contributed by atoms with van der Waals surface area (Å²) in [6.45, 7) is 2.02. The number of aromatic nitrogens is 2. The van der Waals surface area contributed by atoms with Crippen LogP contribution in [0.25, 0.3) is 5.69 Å². The van der Waals surface area contributed by atoms with Gasteiger partial charge in [0.05, 0.1) is 17.1 Å². The number of thioether (sulfide) groups is 1. The summed E-state index contributed by atoms with van der Waals surface area (Å²) >= 11 is 1.77. The molecule has 1 fully saturated rings. The Kier molecular flexibility index (Phi) is 4.86. The smallest absolute Gasteiger partial charge is 0.256 e. The summed E-state index contributed by atoms with van der Waals surface area (Å²) in [6.07, 6.45) is 0.459. The van der Waals surface area contributed by atoms with Crippen LogP contribution in [0.4, 0.5) is 11.5 Å². The first-order valence-electron chi connectivity index (χ1n) is 10.0. The molecule has 0 saturated carbocycles. The highest BCUT2D eigenvalue weighted by atomic mass is 32.2. The highest BCUT2D eigenvalue weighted by Gasteiger charge is 2.30. The van der Waals surface area contributed by atoms with Crippen molar-refractivity contribution in [3.8, 4) is 5.69 Å². The van der Waals surface area contributed by atoms with E-state index in [9.17, 15) is 14.4 Å². The summed E-state index contributed by atoms with van der Waals surface area (Å²) in [4.78, 5) is 38.1. The molecule has 3 aromatic rings. The lowest BCUT2D eigenvalue weighted by Crippen LogP contribution is -2.28. The highest BCUT2D eigenvalue weighted by Crippen LogP contribution is 2.36. The molecule has 5 rings (SSSR count). The van der Waals surface area contributed by atoms with Crippen LogP contribution in [0, 0.1) is 6.92 Å². The minimum absolute atomic E-state index is 0.211. The zero-order chi connectivity index (χ0) is 21.5. The van der Waals surface area contributed by atoms with Gasteiger partial charge in [-0.25, -0.2) is 4.68 Å². The first-order chi connectivity index (χ1) is 15.0. The lowest BCUT2D eigenvalue weighted by molar-refractivity contribution is -0.121. The number of benzene rings is 2. The van der Waals surface area contributed by atoms with Crippen molar-refractivity contribution < 1.29 is 14.4 Å². The van der Waals surface area contributed by atoms with Gasteiger partial charge in [0.15, 0.2) is 0 Å². The van der Waals surface area contributed by atoms with Gasteiger partial charge >= 0.3 is 0 Å². The number of amides is 3. The second-order valence-electron chi connectivity index (χ2n) is 7.64. The molecule has 7 nitrogen and oxygen atoms in total. The van der Waals surface area contributed by atoms with Crippen molar-refractivity contribution in [2.75, 3.05) is 10.2 Å². The van der Waals surface area contributed by atoms with Crippen LogP contribution in [0.1, 0.15) is 40.0 Å². The summed E-state index contributed by atoms with van der Waals surface area (Å²) in [6, 6.07) is 14.5. The number of hydrogen-bond acceptors (Lipinski definition) is 5. The Labute approximate surface area is 183 Å². The first kappa shape index (κ1) is 19.6. The predicted molar refractivity (Wildman–Crippen MR) is 119 cm³/mol. The molecule has 0 radical (unpaired) electrons. The predicted octanol–water partition coefficient (Wildman–Crippen LogP) is 3.83. The van der Waals surface area contributed by atoms with Crippen LogP contribution in [0.2, 0.25) is 0 Å².